The summed E-state index contributed by atoms with van der Waals surface area (Å²) in [5.74, 6) is 5.98. The quantitative estimate of drug-likeness (QED) is 0.852. The predicted octanol–water partition coefficient (Wildman–Crippen LogP) is 3.29. The molecule has 1 aliphatic heterocycles. The van der Waals surface area contributed by atoms with Gasteiger partial charge in [-0.25, -0.2) is 0 Å². The fourth-order valence-corrected chi connectivity index (χ4v) is 2.61. The first-order chi connectivity index (χ1) is 11.3. The van der Waals surface area contributed by atoms with Gasteiger partial charge in [-0.15, -0.1) is 0 Å². The normalized spacial score (nSPS) is 16.7. The van der Waals surface area contributed by atoms with Gasteiger partial charge in [0.15, 0.2) is 0 Å². The molecule has 118 valence electrons. The van der Waals surface area contributed by atoms with E-state index in [2.05, 4.69) is 53.6 Å². The molecular weight excluding hydrogens is 286 g/mol. The zero-order chi connectivity index (χ0) is 15.9. The number of ether oxygens (including phenoxy) is 1. The number of aliphatic hydroxyl groups is 1. The number of hydrogen-bond donors (Lipinski definition) is 2. The first-order valence-electron chi connectivity index (χ1n) is 8.00. The van der Waals surface area contributed by atoms with Gasteiger partial charge >= 0.3 is 0 Å². The topological polar surface area (TPSA) is 41.5 Å². The average molecular weight is 307 g/mol. The summed E-state index contributed by atoms with van der Waals surface area (Å²) in [6, 6.07) is 17.1. The number of aliphatic hydroxyl groups excluding tert-OH is 1. The van der Waals surface area contributed by atoms with Crippen LogP contribution in [0.2, 0.25) is 0 Å². The van der Waals surface area contributed by atoms with Crippen molar-refractivity contribution in [2.45, 2.75) is 18.9 Å². The third-order valence-electron chi connectivity index (χ3n) is 3.87. The van der Waals surface area contributed by atoms with Crippen molar-refractivity contribution in [1.29, 1.82) is 0 Å². The van der Waals surface area contributed by atoms with E-state index in [1.807, 2.05) is 12.1 Å². The largest absolute Gasteiger partial charge is 0.395 e. The van der Waals surface area contributed by atoms with E-state index in [0.29, 0.717) is 12.5 Å². The van der Waals surface area contributed by atoms with Crippen LogP contribution in [0.1, 0.15) is 18.4 Å². The van der Waals surface area contributed by atoms with Crippen LogP contribution in [-0.4, -0.2) is 31.0 Å². The van der Waals surface area contributed by atoms with Crippen LogP contribution >= 0.6 is 0 Å². The van der Waals surface area contributed by atoms with Crippen LogP contribution < -0.4 is 5.32 Å². The van der Waals surface area contributed by atoms with Crippen molar-refractivity contribution >= 4 is 5.69 Å². The highest BCUT2D eigenvalue weighted by atomic mass is 16.5. The minimum atomic E-state index is 0.110. The Morgan fingerprint density at radius 1 is 1.04 bits per heavy atom. The molecule has 0 radical (unpaired) electrons. The maximum Gasteiger partial charge on any atom is 0.0668 e. The van der Waals surface area contributed by atoms with Gasteiger partial charge in [0.1, 0.15) is 0 Å². The van der Waals surface area contributed by atoms with Gasteiger partial charge in [-0.05, 0) is 41.8 Å². The predicted molar refractivity (Wildman–Crippen MR) is 93.3 cm³/mol. The van der Waals surface area contributed by atoms with E-state index < -0.39 is 0 Å². The Morgan fingerprint density at radius 3 is 2.35 bits per heavy atom. The van der Waals surface area contributed by atoms with Crippen LogP contribution in [0.25, 0.3) is 11.1 Å². The number of hydrogen-bond acceptors (Lipinski definition) is 3. The van der Waals surface area contributed by atoms with Gasteiger partial charge in [0, 0.05) is 24.3 Å². The van der Waals surface area contributed by atoms with E-state index in [4.69, 9.17) is 9.84 Å². The molecule has 1 saturated heterocycles. The van der Waals surface area contributed by atoms with E-state index in [1.54, 1.807) is 0 Å². The van der Waals surface area contributed by atoms with Crippen LogP contribution in [0.15, 0.2) is 48.5 Å². The molecule has 23 heavy (non-hydrogen) atoms. The number of nitrogens with one attached hydrogen (secondary N) is 1. The Kier molecular flexibility index (Phi) is 5.31. The van der Waals surface area contributed by atoms with E-state index in [-0.39, 0.29) is 6.61 Å². The van der Waals surface area contributed by atoms with E-state index in [9.17, 15) is 0 Å². The van der Waals surface area contributed by atoms with Crippen molar-refractivity contribution in [3.63, 3.8) is 0 Å². The van der Waals surface area contributed by atoms with Crippen molar-refractivity contribution < 1.29 is 9.84 Å². The molecule has 2 aromatic rings. The standard InChI is InChI=1S/C20H21NO2/c22-13-2-1-3-16-4-6-17(7-5-16)18-8-10-19(11-9-18)21-20-12-14-23-15-20/h4-11,20-22H,2,12-15H2. The van der Waals surface area contributed by atoms with Crippen LogP contribution in [0.3, 0.4) is 0 Å². The van der Waals surface area contributed by atoms with Gasteiger partial charge in [-0.2, -0.15) is 0 Å². The van der Waals surface area contributed by atoms with Crippen molar-refractivity contribution in [2.24, 2.45) is 0 Å². The fraction of sp³-hybridized carbons (Fsp3) is 0.300. The SMILES string of the molecule is OCCC#Cc1ccc(-c2ccc(NC3CCOC3)cc2)cc1. The molecule has 0 spiro atoms. The molecule has 0 bridgehead atoms. The molecule has 3 rings (SSSR count). The molecular formula is C20H21NO2. The smallest absolute Gasteiger partial charge is 0.0668 e. The number of rotatable bonds is 4. The Morgan fingerprint density at radius 2 is 1.74 bits per heavy atom. The lowest BCUT2D eigenvalue weighted by Gasteiger charge is -2.12. The minimum absolute atomic E-state index is 0.110. The van der Waals surface area contributed by atoms with Gasteiger partial charge in [0.25, 0.3) is 0 Å². The highest BCUT2D eigenvalue weighted by Crippen LogP contribution is 2.23. The second-order valence-corrected chi connectivity index (χ2v) is 5.63. The Balaban J connectivity index is 1.65. The van der Waals surface area contributed by atoms with Gasteiger partial charge in [-0.1, -0.05) is 36.1 Å². The second-order valence-electron chi connectivity index (χ2n) is 5.63. The fourth-order valence-electron chi connectivity index (χ4n) is 2.61. The van der Waals surface area contributed by atoms with Crippen LogP contribution in [0.4, 0.5) is 5.69 Å². The lowest BCUT2D eigenvalue weighted by atomic mass is 10.0. The second kappa shape index (κ2) is 7.82. The zero-order valence-corrected chi connectivity index (χ0v) is 13.1. The van der Waals surface area contributed by atoms with Gasteiger partial charge in [-0.3, -0.25) is 0 Å². The summed E-state index contributed by atoms with van der Waals surface area (Å²) in [5.41, 5.74) is 4.47. The maximum absolute atomic E-state index is 8.73. The molecule has 3 nitrogen and oxygen atoms in total. The van der Waals surface area contributed by atoms with Gasteiger partial charge < -0.3 is 15.2 Å². The van der Waals surface area contributed by atoms with Gasteiger partial charge in [0.05, 0.1) is 19.3 Å². The maximum atomic E-state index is 8.73. The average Bonchev–Trinajstić information content (AvgIpc) is 3.10. The van der Waals surface area contributed by atoms with E-state index >= 15 is 0 Å². The van der Waals surface area contributed by atoms with Crippen LogP contribution in [0, 0.1) is 11.8 Å². The third kappa shape index (κ3) is 4.35. The number of benzene rings is 2. The summed E-state index contributed by atoms with van der Waals surface area (Å²) in [6.45, 7) is 1.75. The summed E-state index contributed by atoms with van der Waals surface area (Å²) in [7, 11) is 0. The van der Waals surface area contributed by atoms with E-state index in [0.717, 1.165) is 30.9 Å². The van der Waals surface area contributed by atoms with Crippen molar-refractivity contribution in [1.82, 2.24) is 0 Å². The minimum Gasteiger partial charge on any atom is -0.395 e. The summed E-state index contributed by atoms with van der Waals surface area (Å²) < 4.78 is 5.38. The lowest BCUT2D eigenvalue weighted by molar-refractivity contribution is 0.195. The Hall–Kier alpha value is -2.28. The third-order valence-corrected chi connectivity index (χ3v) is 3.87. The van der Waals surface area contributed by atoms with E-state index in [1.165, 1.54) is 11.1 Å². The van der Waals surface area contributed by atoms with Crippen molar-refractivity contribution in [3.05, 3.63) is 54.1 Å². The molecule has 1 atom stereocenters. The Bertz CT molecular complexity index is 674. The molecule has 1 aliphatic rings. The number of anilines is 1. The summed E-state index contributed by atoms with van der Waals surface area (Å²) >= 11 is 0. The highest BCUT2D eigenvalue weighted by Gasteiger charge is 2.14. The molecule has 0 amide bonds. The molecule has 0 aliphatic carbocycles. The monoisotopic (exact) mass is 307 g/mol. The first-order valence-corrected chi connectivity index (χ1v) is 8.00. The lowest BCUT2D eigenvalue weighted by Crippen LogP contribution is -2.18. The first kappa shape index (κ1) is 15.6. The molecule has 0 aromatic heterocycles. The highest BCUT2D eigenvalue weighted by molar-refractivity contribution is 5.66. The summed E-state index contributed by atoms with van der Waals surface area (Å²) in [6.07, 6.45) is 1.59. The van der Waals surface area contributed by atoms with Gasteiger partial charge in [0.2, 0.25) is 0 Å². The molecule has 2 N–H and O–H groups in total. The summed E-state index contributed by atoms with van der Waals surface area (Å²) in [5, 5.41) is 12.2. The molecule has 1 heterocycles. The molecule has 1 fully saturated rings. The molecule has 3 heteroatoms. The molecule has 1 unspecified atom stereocenters. The Labute approximate surface area is 137 Å². The van der Waals surface area contributed by atoms with Crippen LogP contribution in [-0.2, 0) is 4.74 Å². The van der Waals surface area contributed by atoms with Crippen molar-refractivity contribution in [3.8, 4) is 23.0 Å². The van der Waals surface area contributed by atoms with Crippen LogP contribution in [0.5, 0.6) is 0 Å². The molecule has 0 saturated carbocycles. The zero-order valence-electron chi connectivity index (χ0n) is 13.1. The van der Waals surface area contributed by atoms with Crippen molar-refractivity contribution in [2.75, 3.05) is 25.1 Å². The molecule has 2 aromatic carbocycles. The summed E-state index contributed by atoms with van der Waals surface area (Å²) in [4.78, 5) is 0.